The Bertz CT molecular complexity index is 1000. The Hall–Kier alpha value is -2.84. The third kappa shape index (κ3) is 3.42. The van der Waals surface area contributed by atoms with E-state index in [9.17, 15) is 0 Å². The number of nitrogens with zero attached hydrogens (tertiary/aromatic N) is 1. The van der Waals surface area contributed by atoms with Gasteiger partial charge in [-0.15, -0.1) is 0 Å². The fraction of sp³-hybridized carbons (Fsp3) is 0. The number of hydrogen-bond acceptors (Lipinski definition) is 1. The Balaban J connectivity index is 1.84. The lowest BCUT2D eigenvalue weighted by Gasteiger charge is -2.25. The summed E-state index contributed by atoms with van der Waals surface area (Å²) in [6, 6.07) is 34.1. The highest BCUT2D eigenvalue weighted by Gasteiger charge is 2.12. The molecule has 1 nitrogen and oxygen atoms in total. The molecule has 0 unspecified atom stereocenters. The molecule has 4 aromatic carbocycles. The van der Waals surface area contributed by atoms with E-state index in [1.807, 2.05) is 23.2 Å². The lowest BCUT2D eigenvalue weighted by atomic mass is 10.1. The summed E-state index contributed by atoms with van der Waals surface area (Å²) in [5.74, 6) is 0. The first-order valence-corrected chi connectivity index (χ1v) is 9.47. The molecule has 0 radical (unpaired) electrons. The van der Waals surface area contributed by atoms with Gasteiger partial charge in [-0.1, -0.05) is 70.5 Å². The zero-order valence-electron chi connectivity index (χ0n) is 14.2. The molecule has 0 bridgehead atoms. The molecule has 0 amide bonds. The lowest BCUT2D eigenvalue weighted by molar-refractivity contribution is 1.29. The standard InChI is InChI=1S/C24H18BrN/c25-16-15-19-11-12-21-18-24(14-13-20(21)17-19)26(22-7-3-1-4-8-22)23-9-5-2-6-10-23/h1-18H/b16-15+. The Kier molecular flexibility index (Phi) is 4.85. The van der Waals surface area contributed by atoms with E-state index in [1.54, 1.807) is 0 Å². The van der Waals surface area contributed by atoms with E-state index >= 15 is 0 Å². The van der Waals surface area contributed by atoms with Crippen molar-refractivity contribution in [3.05, 3.63) is 108 Å². The Morgan fingerprint density at radius 3 is 1.77 bits per heavy atom. The SMILES string of the molecule is Br/C=C/c1ccc2cc(N(c3ccccc3)c3ccccc3)ccc2c1. The molecule has 0 fully saturated rings. The normalized spacial score (nSPS) is 11.1. The number of anilines is 3. The first kappa shape index (κ1) is 16.6. The van der Waals surface area contributed by atoms with Gasteiger partial charge in [0.2, 0.25) is 0 Å². The molecule has 126 valence electrons. The molecule has 4 aromatic rings. The van der Waals surface area contributed by atoms with Crippen LogP contribution in [0.25, 0.3) is 16.8 Å². The van der Waals surface area contributed by atoms with Crippen LogP contribution in [0, 0.1) is 0 Å². The molecule has 2 heteroatoms. The van der Waals surface area contributed by atoms with Gasteiger partial charge >= 0.3 is 0 Å². The average molecular weight is 400 g/mol. The predicted octanol–water partition coefficient (Wildman–Crippen LogP) is 7.68. The molecule has 0 saturated heterocycles. The van der Waals surface area contributed by atoms with Crippen LogP contribution in [-0.2, 0) is 0 Å². The van der Waals surface area contributed by atoms with Crippen molar-refractivity contribution in [1.82, 2.24) is 0 Å². The minimum Gasteiger partial charge on any atom is -0.310 e. The summed E-state index contributed by atoms with van der Waals surface area (Å²) < 4.78 is 0. The maximum absolute atomic E-state index is 3.35. The smallest absolute Gasteiger partial charge is 0.0468 e. The van der Waals surface area contributed by atoms with Crippen LogP contribution in [0.4, 0.5) is 17.1 Å². The Labute approximate surface area is 162 Å². The largest absolute Gasteiger partial charge is 0.310 e. The van der Waals surface area contributed by atoms with E-state index < -0.39 is 0 Å². The lowest BCUT2D eigenvalue weighted by Crippen LogP contribution is -2.09. The highest BCUT2D eigenvalue weighted by Crippen LogP contribution is 2.35. The highest BCUT2D eigenvalue weighted by atomic mass is 79.9. The van der Waals surface area contributed by atoms with Crippen molar-refractivity contribution in [3.8, 4) is 0 Å². The van der Waals surface area contributed by atoms with Gasteiger partial charge < -0.3 is 4.90 Å². The fourth-order valence-corrected chi connectivity index (χ4v) is 3.47. The summed E-state index contributed by atoms with van der Waals surface area (Å²) >= 11 is 3.35. The molecular formula is C24H18BrN. The number of hydrogen-bond donors (Lipinski definition) is 0. The van der Waals surface area contributed by atoms with Gasteiger partial charge in [0, 0.05) is 17.1 Å². The molecule has 0 aromatic heterocycles. The van der Waals surface area contributed by atoms with E-state index in [0.29, 0.717) is 0 Å². The predicted molar refractivity (Wildman–Crippen MR) is 117 cm³/mol. The third-order valence-electron chi connectivity index (χ3n) is 4.39. The molecule has 0 saturated carbocycles. The van der Waals surface area contributed by atoms with Crippen molar-refractivity contribution < 1.29 is 0 Å². The van der Waals surface area contributed by atoms with Crippen LogP contribution in [0.2, 0.25) is 0 Å². The minimum atomic E-state index is 1.15. The van der Waals surface area contributed by atoms with Crippen LogP contribution >= 0.6 is 15.9 Å². The van der Waals surface area contributed by atoms with Gasteiger partial charge in [0.1, 0.15) is 0 Å². The van der Waals surface area contributed by atoms with Crippen LogP contribution < -0.4 is 4.90 Å². The number of fused-ring (bicyclic) bond motifs is 1. The minimum absolute atomic E-state index is 1.15. The van der Waals surface area contributed by atoms with Gasteiger partial charge in [-0.05, 0) is 69.9 Å². The van der Waals surface area contributed by atoms with E-state index in [0.717, 1.165) is 17.1 Å². The Morgan fingerprint density at radius 1 is 0.577 bits per heavy atom. The number of para-hydroxylation sites is 2. The third-order valence-corrected chi connectivity index (χ3v) is 4.65. The maximum atomic E-state index is 3.35. The van der Waals surface area contributed by atoms with Crippen molar-refractivity contribution in [2.45, 2.75) is 0 Å². The molecule has 0 aliphatic rings. The molecule has 0 atom stereocenters. The first-order chi connectivity index (χ1) is 12.8. The van der Waals surface area contributed by atoms with Gasteiger partial charge in [-0.3, -0.25) is 0 Å². The molecule has 0 aliphatic carbocycles. The summed E-state index contributed by atoms with van der Waals surface area (Å²) in [6.07, 6.45) is 2.05. The quantitative estimate of drug-likeness (QED) is 0.340. The molecule has 0 N–H and O–H groups in total. The van der Waals surface area contributed by atoms with Crippen molar-refractivity contribution in [1.29, 1.82) is 0 Å². The molecule has 0 spiro atoms. The summed E-state index contributed by atoms with van der Waals surface area (Å²) in [7, 11) is 0. The molecule has 4 rings (SSSR count). The molecule has 26 heavy (non-hydrogen) atoms. The summed E-state index contributed by atoms with van der Waals surface area (Å²) in [5, 5.41) is 2.46. The zero-order valence-corrected chi connectivity index (χ0v) is 15.8. The van der Waals surface area contributed by atoms with Gasteiger partial charge in [0.15, 0.2) is 0 Å². The summed E-state index contributed by atoms with van der Waals surface area (Å²) in [6.45, 7) is 0. The van der Waals surface area contributed by atoms with E-state index in [1.165, 1.54) is 16.3 Å². The van der Waals surface area contributed by atoms with Crippen molar-refractivity contribution in [2.75, 3.05) is 4.90 Å². The van der Waals surface area contributed by atoms with Gasteiger partial charge in [-0.2, -0.15) is 0 Å². The fourth-order valence-electron chi connectivity index (χ4n) is 3.17. The van der Waals surface area contributed by atoms with Gasteiger partial charge in [0.05, 0.1) is 0 Å². The van der Waals surface area contributed by atoms with Crippen molar-refractivity contribution >= 4 is 49.8 Å². The maximum Gasteiger partial charge on any atom is 0.0468 e. The van der Waals surface area contributed by atoms with Crippen LogP contribution in [-0.4, -0.2) is 0 Å². The van der Waals surface area contributed by atoms with Crippen molar-refractivity contribution in [3.63, 3.8) is 0 Å². The number of rotatable bonds is 4. The second-order valence-corrected chi connectivity index (χ2v) is 6.62. The monoisotopic (exact) mass is 399 g/mol. The Morgan fingerprint density at radius 2 is 1.15 bits per heavy atom. The highest BCUT2D eigenvalue weighted by molar-refractivity contribution is 9.11. The van der Waals surface area contributed by atoms with Crippen LogP contribution in [0.1, 0.15) is 5.56 Å². The van der Waals surface area contributed by atoms with Crippen LogP contribution in [0.15, 0.2) is 102 Å². The van der Waals surface area contributed by atoms with E-state index in [4.69, 9.17) is 0 Å². The number of halogens is 1. The van der Waals surface area contributed by atoms with Gasteiger partial charge in [0.25, 0.3) is 0 Å². The van der Waals surface area contributed by atoms with E-state index in [2.05, 4.69) is 106 Å². The second kappa shape index (κ2) is 7.59. The average Bonchev–Trinajstić information content (AvgIpc) is 2.70. The zero-order chi connectivity index (χ0) is 17.8. The van der Waals surface area contributed by atoms with E-state index in [-0.39, 0.29) is 0 Å². The van der Waals surface area contributed by atoms with Crippen molar-refractivity contribution in [2.24, 2.45) is 0 Å². The molecule has 0 aliphatic heterocycles. The summed E-state index contributed by atoms with van der Waals surface area (Å²) in [5.41, 5.74) is 4.64. The number of benzene rings is 4. The summed E-state index contributed by atoms with van der Waals surface area (Å²) in [4.78, 5) is 4.17. The van der Waals surface area contributed by atoms with Gasteiger partial charge in [-0.25, -0.2) is 0 Å². The molecule has 0 heterocycles. The second-order valence-electron chi connectivity index (χ2n) is 6.09. The topological polar surface area (TPSA) is 3.24 Å². The first-order valence-electron chi connectivity index (χ1n) is 8.56. The molecular weight excluding hydrogens is 382 g/mol. The van der Waals surface area contributed by atoms with Crippen LogP contribution in [0.5, 0.6) is 0 Å². The van der Waals surface area contributed by atoms with Crippen LogP contribution in [0.3, 0.4) is 0 Å².